The zero-order chi connectivity index (χ0) is 16.9. The van der Waals surface area contributed by atoms with Crippen molar-refractivity contribution in [2.45, 2.75) is 13.8 Å². The SMILES string of the molecule is Cc1nc2ccc(C(=O)OCCOc3ccccc3)cc2nc1C. The first-order valence-electron chi connectivity index (χ1n) is 7.73. The lowest BCUT2D eigenvalue weighted by atomic mass is 10.2. The highest BCUT2D eigenvalue weighted by Crippen LogP contribution is 2.15. The van der Waals surface area contributed by atoms with Gasteiger partial charge in [-0.3, -0.25) is 0 Å². The van der Waals surface area contributed by atoms with Gasteiger partial charge in [-0.25, -0.2) is 14.8 Å². The van der Waals surface area contributed by atoms with Crippen LogP contribution in [-0.2, 0) is 4.74 Å². The summed E-state index contributed by atoms with van der Waals surface area (Å²) < 4.78 is 10.7. The molecule has 5 nitrogen and oxygen atoms in total. The van der Waals surface area contributed by atoms with Crippen molar-refractivity contribution >= 4 is 17.0 Å². The number of nitrogens with zero attached hydrogens (tertiary/aromatic N) is 2. The van der Waals surface area contributed by atoms with E-state index >= 15 is 0 Å². The maximum absolute atomic E-state index is 12.1. The minimum absolute atomic E-state index is 0.185. The summed E-state index contributed by atoms with van der Waals surface area (Å²) in [5.41, 5.74) is 3.65. The molecule has 0 aliphatic heterocycles. The van der Waals surface area contributed by atoms with E-state index in [1.807, 2.05) is 44.2 Å². The number of para-hydroxylation sites is 1. The molecule has 0 atom stereocenters. The second-order valence-corrected chi connectivity index (χ2v) is 5.40. The molecule has 3 rings (SSSR count). The Hall–Kier alpha value is -2.95. The number of ether oxygens (including phenoxy) is 2. The number of carbonyl (C=O) groups is 1. The minimum atomic E-state index is -0.395. The van der Waals surface area contributed by atoms with Crippen molar-refractivity contribution in [1.29, 1.82) is 0 Å². The second-order valence-electron chi connectivity index (χ2n) is 5.40. The van der Waals surface area contributed by atoms with Gasteiger partial charge in [0.15, 0.2) is 0 Å². The van der Waals surface area contributed by atoms with Gasteiger partial charge < -0.3 is 9.47 Å². The van der Waals surface area contributed by atoms with Crippen LogP contribution < -0.4 is 4.74 Å². The number of aryl methyl sites for hydroxylation is 2. The third-order valence-corrected chi connectivity index (χ3v) is 3.64. The van der Waals surface area contributed by atoms with E-state index < -0.39 is 5.97 Å². The van der Waals surface area contributed by atoms with Crippen LogP contribution in [0.25, 0.3) is 11.0 Å². The molecule has 3 aromatic rings. The number of carbonyl (C=O) groups excluding carboxylic acids is 1. The van der Waals surface area contributed by atoms with Crippen LogP contribution in [0.15, 0.2) is 48.5 Å². The fourth-order valence-corrected chi connectivity index (χ4v) is 2.25. The summed E-state index contributed by atoms with van der Waals surface area (Å²) in [5, 5.41) is 0. The molecule has 5 heteroatoms. The van der Waals surface area contributed by atoms with Gasteiger partial charge in [-0.15, -0.1) is 0 Å². The molecule has 0 N–H and O–H groups in total. The quantitative estimate of drug-likeness (QED) is 0.531. The molecule has 0 amide bonds. The predicted molar refractivity (Wildman–Crippen MR) is 91.2 cm³/mol. The van der Waals surface area contributed by atoms with Crippen LogP contribution in [-0.4, -0.2) is 29.2 Å². The maximum Gasteiger partial charge on any atom is 0.338 e. The highest BCUT2D eigenvalue weighted by Gasteiger charge is 2.10. The van der Waals surface area contributed by atoms with E-state index in [-0.39, 0.29) is 6.61 Å². The molecule has 1 aromatic heterocycles. The van der Waals surface area contributed by atoms with Crippen molar-refractivity contribution in [2.24, 2.45) is 0 Å². The fraction of sp³-hybridized carbons (Fsp3) is 0.211. The molecular weight excluding hydrogens is 304 g/mol. The average Bonchev–Trinajstić information content (AvgIpc) is 2.60. The normalized spacial score (nSPS) is 10.6. The summed E-state index contributed by atoms with van der Waals surface area (Å²) >= 11 is 0. The molecule has 2 aromatic carbocycles. The summed E-state index contributed by atoms with van der Waals surface area (Å²) in [6.45, 7) is 4.30. The number of hydrogen-bond donors (Lipinski definition) is 0. The molecular formula is C19H18N2O3. The Kier molecular flexibility index (Phi) is 4.70. The topological polar surface area (TPSA) is 61.3 Å². The summed E-state index contributed by atoms with van der Waals surface area (Å²) in [4.78, 5) is 21.0. The molecule has 24 heavy (non-hydrogen) atoms. The van der Waals surface area contributed by atoms with E-state index in [2.05, 4.69) is 9.97 Å². The average molecular weight is 322 g/mol. The van der Waals surface area contributed by atoms with Crippen LogP contribution in [0.2, 0.25) is 0 Å². The van der Waals surface area contributed by atoms with Gasteiger partial charge in [0.1, 0.15) is 19.0 Å². The zero-order valence-electron chi connectivity index (χ0n) is 13.7. The lowest BCUT2D eigenvalue weighted by Gasteiger charge is -2.08. The third-order valence-electron chi connectivity index (χ3n) is 3.64. The van der Waals surface area contributed by atoms with Crippen LogP contribution >= 0.6 is 0 Å². The summed E-state index contributed by atoms with van der Waals surface area (Å²) in [6.07, 6.45) is 0. The Balaban J connectivity index is 1.60. The number of rotatable bonds is 5. The van der Waals surface area contributed by atoms with E-state index in [1.54, 1.807) is 18.2 Å². The molecule has 0 unspecified atom stereocenters. The lowest BCUT2D eigenvalue weighted by molar-refractivity contribution is 0.0450. The summed E-state index contributed by atoms with van der Waals surface area (Å²) in [5.74, 6) is 0.356. The van der Waals surface area contributed by atoms with Crippen molar-refractivity contribution in [3.63, 3.8) is 0 Å². The van der Waals surface area contributed by atoms with Crippen molar-refractivity contribution < 1.29 is 14.3 Å². The molecule has 0 saturated heterocycles. The lowest BCUT2D eigenvalue weighted by Crippen LogP contribution is -2.12. The largest absolute Gasteiger partial charge is 0.490 e. The minimum Gasteiger partial charge on any atom is -0.490 e. The van der Waals surface area contributed by atoms with Crippen molar-refractivity contribution in [1.82, 2.24) is 9.97 Å². The zero-order valence-corrected chi connectivity index (χ0v) is 13.7. The molecule has 0 aliphatic rings. The smallest absolute Gasteiger partial charge is 0.338 e. The van der Waals surface area contributed by atoms with Crippen LogP contribution in [0, 0.1) is 13.8 Å². The number of aromatic nitrogens is 2. The molecule has 0 spiro atoms. The number of esters is 1. The van der Waals surface area contributed by atoms with E-state index in [0.717, 1.165) is 22.7 Å². The van der Waals surface area contributed by atoms with Gasteiger partial charge in [-0.1, -0.05) is 18.2 Å². The third kappa shape index (κ3) is 3.68. The first-order chi connectivity index (χ1) is 11.6. The molecule has 0 radical (unpaired) electrons. The molecule has 122 valence electrons. The number of fused-ring (bicyclic) bond motifs is 1. The van der Waals surface area contributed by atoms with E-state index in [1.165, 1.54) is 0 Å². The first kappa shape index (κ1) is 15.9. The Morgan fingerprint density at radius 3 is 2.38 bits per heavy atom. The molecule has 0 fully saturated rings. The highest BCUT2D eigenvalue weighted by atomic mass is 16.6. The van der Waals surface area contributed by atoms with Crippen molar-refractivity contribution in [3.05, 3.63) is 65.5 Å². The molecule has 0 bridgehead atoms. The fourth-order valence-electron chi connectivity index (χ4n) is 2.25. The van der Waals surface area contributed by atoms with Crippen LogP contribution in [0.5, 0.6) is 5.75 Å². The Morgan fingerprint density at radius 1 is 0.917 bits per heavy atom. The van der Waals surface area contributed by atoms with Crippen LogP contribution in [0.4, 0.5) is 0 Å². The molecule has 0 aliphatic carbocycles. The van der Waals surface area contributed by atoms with E-state index in [4.69, 9.17) is 9.47 Å². The Morgan fingerprint density at radius 2 is 1.62 bits per heavy atom. The van der Waals surface area contributed by atoms with E-state index in [9.17, 15) is 4.79 Å². The monoisotopic (exact) mass is 322 g/mol. The van der Waals surface area contributed by atoms with Gasteiger partial charge >= 0.3 is 5.97 Å². The number of benzene rings is 2. The Labute approximate surface area is 140 Å². The predicted octanol–water partition coefficient (Wildman–Crippen LogP) is 3.48. The maximum atomic E-state index is 12.1. The van der Waals surface area contributed by atoms with Crippen molar-refractivity contribution in [3.8, 4) is 5.75 Å². The van der Waals surface area contributed by atoms with Gasteiger partial charge in [0.05, 0.1) is 28.0 Å². The standard InChI is InChI=1S/C19H18N2O3/c1-13-14(2)21-18-12-15(8-9-17(18)20-13)19(22)24-11-10-23-16-6-4-3-5-7-16/h3-9,12H,10-11H2,1-2H3. The van der Waals surface area contributed by atoms with Crippen LogP contribution in [0.3, 0.4) is 0 Å². The van der Waals surface area contributed by atoms with Gasteiger partial charge in [-0.05, 0) is 44.2 Å². The van der Waals surface area contributed by atoms with Gasteiger partial charge in [0.2, 0.25) is 0 Å². The van der Waals surface area contributed by atoms with Crippen molar-refractivity contribution in [2.75, 3.05) is 13.2 Å². The van der Waals surface area contributed by atoms with E-state index in [0.29, 0.717) is 17.7 Å². The summed E-state index contributed by atoms with van der Waals surface area (Å²) in [7, 11) is 0. The second kappa shape index (κ2) is 7.08. The van der Waals surface area contributed by atoms with Gasteiger partial charge in [0.25, 0.3) is 0 Å². The number of hydrogen-bond acceptors (Lipinski definition) is 5. The van der Waals surface area contributed by atoms with Crippen LogP contribution in [0.1, 0.15) is 21.7 Å². The molecule has 1 heterocycles. The van der Waals surface area contributed by atoms with Gasteiger partial charge in [-0.2, -0.15) is 0 Å². The summed E-state index contributed by atoms with van der Waals surface area (Å²) in [6, 6.07) is 14.6. The van der Waals surface area contributed by atoms with Gasteiger partial charge in [0, 0.05) is 0 Å². The Bertz CT molecular complexity index is 863. The molecule has 0 saturated carbocycles. The first-order valence-corrected chi connectivity index (χ1v) is 7.73. The highest BCUT2D eigenvalue weighted by molar-refractivity contribution is 5.93.